The number of hydrogen-bond donors (Lipinski definition) is 1. The summed E-state index contributed by atoms with van der Waals surface area (Å²) in [6.07, 6.45) is 3.40. The number of halogens is 1. The molecule has 0 aromatic heterocycles. The molecule has 1 aliphatic rings. The van der Waals surface area contributed by atoms with E-state index >= 15 is 0 Å². The third-order valence-electron chi connectivity index (χ3n) is 3.12. The van der Waals surface area contributed by atoms with Crippen LogP contribution in [0.5, 0.6) is 0 Å². The molecule has 1 N–H and O–H groups in total. The first-order valence-corrected chi connectivity index (χ1v) is 7.49. The molecule has 0 aliphatic carbocycles. The molecule has 0 radical (unpaired) electrons. The average molecular weight is 295 g/mol. The van der Waals surface area contributed by atoms with Crippen LogP contribution in [0.1, 0.15) is 40.0 Å². The highest BCUT2D eigenvalue weighted by atomic mass is 35.5. The fraction of sp³-hybridized carbons (Fsp3) is 0.923. The van der Waals surface area contributed by atoms with Gasteiger partial charge in [-0.15, -0.1) is 24.2 Å². The Bertz CT molecular complexity index is 248. The van der Waals surface area contributed by atoms with Gasteiger partial charge in [0, 0.05) is 17.8 Å². The number of rotatable bonds is 3. The molecule has 0 spiro atoms. The van der Waals surface area contributed by atoms with Gasteiger partial charge in [0.15, 0.2) is 0 Å². The fourth-order valence-corrected chi connectivity index (χ4v) is 2.73. The second kappa shape index (κ2) is 8.28. The first-order chi connectivity index (χ1) is 7.90. The van der Waals surface area contributed by atoms with Crippen molar-refractivity contribution in [1.82, 2.24) is 10.2 Å². The first kappa shape index (κ1) is 18.1. The van der Waals surface area contributed by atoms with Crippen molar-refractivity contribution in [2.45, 2.75) is 50.8 Å². The minimum absolute atomic E-state index is 0. The summed E-state index contributed by atoms with van der Waals surface area (Å²) in [6, 6.07) is 0.429. The lowest BCUT2D eigenvalue weighted by molar-refractivity contribution is -0.129. The molecule has 1 amide bonds. The SMILES string of the molecule is CN(C(=O)CSC(C)(C)C)C1CCCNCC1.Cl. The van der Waals surface area contributed by atoms with E-state index in [4.69, 9.17) is 0 Å². The van der Waals surface area contributed by atoms with Crippen molar-refractivity contribution >= 4 is 30.1 Å². The Morgan fingerprint density at radius 1 is 1.33 bits per heavy atom. The van der Waals surface area contributed by atoms with Crippen LogP contribution in [0.4, 0.5) is 0 Å². The van der Waals surface area contributed by atoms with Gasteiger partial charge in [0.25, 0.3) is 0 Å². The van der Waals surface area contributed by atoms with Crippen LogP contribution in [0.2, 0.25) is 0 Å². The first-order valence-electron chi connectivity index (χ1n) is 6.50. The molecule has 3 nitrogen and oxygen atoms in total. The van der Waals surface area contributed by atoms with Gasteiger partial charge in [-0.2, -0.15) is 0 Å². The smallest absolute Gasteiger partial charge is 0.232 e. The lowest BCUT2D eigenvalue weighted by atomic mass is 10.1. The highest BCUT2D eigenvalue weighted by Gasteiger charge is 2.22. The molecule has 0 saturated carbocycles. The highest BCUT2D eigenvalue weighted by Crippen LogP contribution is 2.24. The van der Waals surface area contributed by atoms with E-state index in [1.54, 1.807) is 11.8 Å². The molecule has 1 saturated heterocycles. The van der Waals surface area contributed by atoms with Crippen molar-refractivity contribution in [2.24, 2.45) is 0 Å². The van der Waals surface area contributed by atoms with E-state index in [1.165, 1.54) is 6.42 Å². The Hall–Kier alpha value is 0.0700. The highest BCUT2D eigenvalue weighted by molar-refractivity contribution is 8.01. The molecule has 5 heteroatoms. The molecular formula is C13H27ClN2OS. The number of thioether (sulfide) groups is 1. The van der Waals surface area contributed by atoms with Crippen molar-refractivity contribution in [1.29, 1.82) is 0 Å². The predicted octanol–water partition coefficient (Wildman–Crippen LogP) is 2.54. The maximum Gasteiger partial charge on any atom is 0.232 e. The minimum Gasteiger partial charge on any atom is -0.342 e. The molecule has 1 aliphatic heterocycles. The predicted molar refractivity (Wildman–Crippen MR) is 82.7 cm³/mol. The Morgan fingerprint density at radius 3 is 2.61 bits per heavy atom. The van der Waals surface area contributed by atoms with E-state index in [2.05, 4.69) is 26.1 Å². The molecular weight excluding hydrogens is 268 g/mol. The number of nitrogens with zero attached hydrogens (tertiary/aromatic N) is 1. The summed E-state index contributed by atoms with van der Waals surface area (Å²) < 4.78 is 0.168. The Labute approximate surface area is 122 Å². The van der Waals surface area contributed by atoms with E-state index < -0.39 is 0 Å². The summed E-state index contributed by atoms with van der Waals surface area (Å²) in [6.45, 7) is 8.59. The minimum atomic E-state index is 0. The number of amides is 1. The van der Waals surface area contributed by atoms with Crippen molar-refractivity contribution in [3.63, 3.8) is 0 Å². The quantitative estimate of drug-likeness (QED) is 0.868. The van der Waals surface area contributed by atoms with Crippen LogP contribution in [0, 0.1) is 0 Å². The molecule has 0 aromatic rings. The van der Waals surface area contributed by atoms with E-state index in [0.29, 0.717) is 11.8 Å². The van der Waals surface area contributed by atoms with Crippen LogP contribution in [-0.2, 0) is 4.79 Å². The van der Waals surface area contributed by atoms with Crippen LogP contribution in [-0.4, -0.2) is 47.5 Å². The maximum absolute atomic E-state index is 12.1. The van der Waals surface area contributed by atoms with Crippen LogP contribution in [0.25, 0.3) is 0 Å². The third kappa shape index (κ3) is 6.86. The summed E-state index contributed by atoms with van der Waals surface area (Å²) in [5, 5.41) is 3.38. The molecule has 108 valence electrons. The van der Waals surface area contributed by atoms with Gasteiger partial charge in [0.1, 0.15) is 0 Å². The second-order valence-corrected chi connectivity index (χ2v) is 7.54. The molecule has 0 bridgehead atoms. The zero-order valence-corrected chi connectivity index (χ0v) is 13.6. The van der Waals surface area contributed by atoms with Crippen LogP contribution >= 0.6 is 24.2 Å². The fourth-order valence-electron chi connectivity index (χ4n) is 1.97. The topological polar surface area (TPSA) is 32.3 Å². The van der Waals surface area contributed by atoms with E-state index in [0.717, 1.165) is 25.9 Å². The van der Waals surface area contributed by atoms with E-state index in [-0.39, 0.29) is 23.1 Å². The van der Waals surface area contributed by atoms with Crippen molar-refractivity contribution in [2.75, 3.05) is 25.9 Å². The van der Waals surface area contributed by atoms with Gasteiger partial charge in [-0.05, 0) is 32.4 Å². The van der Waals surface area contributed by atoms with Crippen LogP contribution in [0.15, 0.2) is 0 Å². The van der Waals surface area contributed by atoms with Gasteiger partial charge < -0.3 is 10.2 Å². The summed E-state index contributed by atoms with van der Waals surface area (Å²) in [4.78, 5) is 14.0. The van der Waals surface area contributed by atoms with Crippen LogP contribution < -0.4 is 5.32 Å². The third-order valence-corrected chi connectivity index (χ3v) is 4.37. The molecule has 0 aromatic carbocycles. The summed E-state index contributed by atoms with van der Waals surface area (Å²) in [5.41, 5.74) is 0. The Kier molecular flexibility index (Phi) is 8.31. The number of carbonyl (C=O) groups is 1. The van der Waals surface area contributed by atoms with Crippen molar-refractivity contribution in [3.05, 3.63) is 0 Å². The number of hydrogen-bond acceptors (Lipinski definition) is 3. The zero-order chi connectivity index (χ0) is 12.9. The number of nitrogens with one attached hydrogen (secondary N) is 1. The van der Waals surface area contributed by atoms with Crippen LogP contribution in [0.3, 0.4) is 0 Å². The largest absolute Gasteiger partial charge is 0.342 e. The van der Waals surface area contributed by atoms with Gasteiger partial charge >= 0.3 is 0 Å². The average Bonchev–Trinajstić information content (AvgIpc) is 2.52. The Balaban J connectivity index is 0.00000289. The maximum atomic E-state index is 12.1. The molecule has 1 unspecified atom stereocenters. The zero-order valence-electron chi connectivity index (χ0n) is 12.0. The lowest BCUT2D eigenvalue weighted by Crippen LogP contribution is -2.39. The van der Waals surface area contributed by atoms with Gasteiger partial charge in [-0.25, -0.2) is 0 Å². The van der Waals surface area contributed by atoms with Crippen molar-refractivity contribution < 1.29 is 4.79 Å². The second-order valence-electron chi connectivity index (χ2n) is 5.74. The monoisotopic (exact) mass is 294 g/mol. The van der Waals surface area contributed by atoms with Gasteiger partial charge in [0.05, 0.1) is 5.75 Å². The van der Waals surface area contributed by atoms with Gasteiger partial charge in [-0.3, -0.25) is 4.79 Å². The molecule has 1 fully saturated rings. The molecule has 1 heterocycles. The molecule has 1 atom stereocenters. The molecule has 1 rings (SSSR count). The van der Waals surface area contributed by atoms with Gasteiger partial charge in [-0.1, -0.05) is 20.8 Å². The molecule has 18 heavy (non-hydrogen) atoms. The summed E-state index contributed by atoms with van der Waals surface area (Å²) in [7, 11) is 1.96. The normalized spacial score (nSPS) is 20.8. The summed E-state index contributed by atoms with van der Waals surface area (Å²) >= 11 is 1.73. The van der Waals surface area contributed by atoms with E-state index in [1.807, 2.05) is 11.9 Å². The van der Waals surface area contributed by atoms with Gasteiger partial charge in [0.2, 0.25) is 5.91 Å². The number of carbonyl (C=O) groups excluding carboxylic acids is 1. The lowest BCUT2D eigenvalue weighted by Gasteiger charge is -2.28. The standard InChI is InChI=1S/C13H26N2OS.ClH/c1-13(2,3)17-10-12(16)15(4)11-6-5-8-14-9-7-11;/h11,14H,5-10H2,1-4H3;1H. The van der Waals surface area contributed by atoms with E-state index in [9.17, 15) is 4.79 Å². The van der Waals surface area contributed by atoms with Crippen molar-refractivity contribution in [3.8, 4) is 0 Å². The summed E-state index contributed by atoms with van der Waals surface area (Å²) in [5.74, 6) is 0.876. The Morgan fingerprint density at radius 2 is 2.00 bits per heavy atom.